The van der Waals surface area contributed by atoms with Gasteiger partial charge in [0, 0.05) is 19.6 Å². The van der Waals surface area contributed by atoms with E-state index in [1.54, 1.807) is 0 Å². The van der Waals surface area contributed by atoms with Gasteiger partial charge in [0.1, 0.15) is 6.04 Å². The summed E-state index contributed by atoms with van der Waals surface area (Å²) in [7, 11) is 0. The minimum atomic E-state index is -0.229. The summed E-state index contributed by atoms with van der Waals surface area (Å²) in [4.78, 5) is 25.7. The van der Waals surface area contributed by atoms with E-state index in [-0.39, 0.29) is 23.8 Å². The number of rotatable bonds is 3. The Labute approximate surface area is 113 Å². The van der Waals surface area contributed by atoms with Crippen molar-refractivity contribution in [2.45, 2.75) is 25.8 Å². The van der Waals surface area contributed by atoms with Crippen molar-refractivity contribution >= 4 is 11.9 Å². The molecule has 0 spiro atoms. The second-order valence-corrected chi connectivity index (χ2v) is 4.93. The molecule has 0 aromatic carbocycles. The molecule has 2 fully saturated rings. The molecule has 2 aliphatic rings. The predicted octanol–water partition coefficient (Wildman–Crippen LogP) is -0.223. The molecule has 0 aromatic rings. The van der Waals surface area contributed by atoms with Crippen LogP contribution in [-0.4, -0.2) is 62.3 Å². The number of likely N-dealkylation sites (tertiary alicyclic amines) is 1. The number of morpholine rings is 1. The van der Waals surface area contributed by atoms with E-state index < -0.39 is 0 Å². The van der Waals surface area contributed by atoms with Crippen LogP contribution in [0.25, 0.3) is 0 Å². The normalized spacial score (nSPS) is 25.1. The monoisotopic (exact) mass is 270 g/mol. The molecule has 2 heterocycles. The van der Waals surface area contributed by atoms with Gasteiger partial charge < -0.3 is 19.7 Å². The molecular formula is C13H22N2O4. The van der Waals surface area contributed by atoms with Crippen molar-refractivity contribution < 1.29 is 19.1 Å². The van der Waals surface area contributed by atoms with E-state index >= 15 is 0 Å². The van der Waals surface area contributed by atoms with Crippen LogP contribution in [-0.2, 0) is 19.1 Å². The second-order valence-electron chi connectivity index (χ2n) is 4.93. The number of nitrogens with zero attached hydrogens (tertiary/aromatic N) is 1. The van der Waals surface area contributed by atoms with E-state index in [9.17, 15) is 9.59 Å². The highest BCUT2D eigenvalue weighted by Gasteiger charge is 2.32. The van der Waals surface area contributed by atoms with Gasteiger partial charge >= 0.3 is 5.97 Å². The van der Waals surface area contributed by atoms with Gasteiger partial charge in [0.15, 0.2) is 0 Å². The average molecular weight is 270 g/mol. The number of carbonyl (C=O) groups excluding carboxylic acids is 2. The maximum atomic E-state index is 12.2. The standard InChI is InChI=1S/C13H22N2O4/c1-2-19-13(17)10-3-6-15(7-4-10)12(16)11-9-18-8-5-14-11/h10-11,14H,2-9H2,1H3. The van der Waals surface area contributed by atoms with Crippen LogP contribution in [0.5, 0.6) is 0 Å². The first-order valence-electron chi connectivity index (χ1n) is 6.99. The Hall–Kier alpha value is -1.14. The summed E-state index contributed by atoms with van der Waals surface area (Å²) >= 11 is 0. The summed E-state index contributed by atoms with van der Waals surface area (Å²) in [5.41, 5.74) is 0. The van der Waals surface area contributed by atoms with Crippen LogP contribution in [0.3, 0.4) is 0 Å². The number of carbonyl (C=O) groups is 2. The Kier molecular flexibility index (Phi) is 5.15. The molecule has 1 atom stereocenters. The third-order valence-electron chi connectivity index (χ3n) is 3.65. The van der Waals surface area contributed by atoms with Crippen LogP contribution in [0.1, 0.15) is 19.8 Å². The lowest BCUT2D eigenvalue weighted by Gasteiger charge is -2.34. The summed E-state index contributed by atoms with van der Waals surface area (Å²) in [6.45, 7) is 5.30. The van der Waals surface area contributed by atoms with Crippen molar-refractivity contribution in [3.05, 3.63) is 0 Å². The molecule has 0 saturated carbocycles. The molecular weight excluding hydrogens is 248 g/mol. The first kappa shape index (κ1) is 14.3. The van der Waals surface area contributed by atoms with Gasteiger partial charge in [0.25, 0.3) is 0 Å². The van der Waals surface area contributed by atoms with Crippen LogP contribution >= 0.6 is 0 Å². The lowest BCUT2D eigenvalue weighted by Crippen LogP contribution is -2.54. The van der Waals surface area contributed by atoms with Gasteiger partial charge in [-0.15, -0.1) is 0 Å². The van der Waals surface area contributed by atoms with E-state index in [0.29, 0.717) is 45.8 Å². The van der Waals surface area contributed by atoms with Crippen LogP contribution in [0.2, 0.25) is 0 Å². The smallest absolute Gasteiger partial charge is 0.309 e. The third kappa shape index (κ3) is 3.67. The summed E-state index contributed by atoms with van der Waals surface area (Å²) in [6, 6.07) is -0.229. The molecule has 19 heavy (non-hydrogen) atoms. The number of nitrogens with one attached hydrogen (secondary N) is 1. The van der Waals surface area contributed by atoms with Crippen LogP contribution in [0, 0.1) is 5.92 Å². The van der Waals surface area contributed by atoms with E-state index in [1.807, 2.05) is 11.8 Å². The van der Waals surface area contributed by atoms with Gasteiger partial charge in [0.05, 0.1) is 25.7 Å². The number of hydrogen-bond donors (Lipinski definition) is 1. The second kappa shape index (κ2) is 6.86. The molecule has 2 rings (SSSR count). The maximum Gasteiger partial charge on any atom is 0.309 e. The van der Waals surface area contributed by atoms with E-state index in [1.165, 1.54) is 0 Å². The molecule has 1 amide bonds. The summed E-state index contributed by atoms with van der Waals surface area (Å²) < 4.78 is 10.3. The lowest BCUT2D eigenvalue weighted by molar-refractivity contribution is -0.151. The van der Waals surface area contributed by atoms with Gasteiger partial charge in [0.2, 0.25) is 5.91 Å². The van der Waals surface area contributed by atoms with Crippen LogP contribution < -0.4 is 5.32 Å². The van der Waals surface area contributed by atoms with Crippen LogP contribution in [0.15, 0.2) is 0 Å². The SMILES string of the molecule is CCOC(=O)C1CCN(C(=O)C2COCCN2)CC1. The zero-order valence-electron chi connectivity index (χ0n) is 11.4. The fourth-order valence-corrected chi connectivity index (χ4v) is 2.54. The minimum absolute atomic E-state index is 0.0560. The number of hydrogen-bond acceptors (Lipinski definition) is 5. The van der Waals surface area contributed by atoms with Crippen molar-refractivity contribution in [1.82, 2.24) is 10.2 Å². The van der Waals surface area contributed by atoms with Crippen molar-refractivity contribution in [3.63, 3.8) is 0 Å². The summed E-state index contributed by atoms with van der Waals surface area (Å²) in [5.74, 6) is -0.102. The predicted molar refractivity (Wildman–Crippen MR) is 68.5 cm³/mol. The summed E-state index contributed by atoms with van der Waals surface area (Å²) in [5, 5.41) is 3.16. The number of piperidine rings is 1. The first-order valence-corrected chi connectivity index (χ1v) is 6.99. The molecule has 0 radical (unpaired) electrons. The number of amides is 1. The fourth-order valence-electron chi connectivity index (χ4n) is 2.54. The number of esters is 1. The zero-order valence-corrected chi connectivity index (χ0v) is 11.4. The van der Waals surface area contributed by atoms with E-state index in [4.69, 9.17) is 9.47 Å². The average Bonchev–Trinajstić information content (AvgIpc) is 2.48. The largest absolute Gasteiger partial charge is 0.466 e. The zero-order chi connectivity index (χ0) is 13.7. The van der Waals surface area contributed by atoms with Gasteiger partial charge in [-0.25, -0.2) is 0 Å². The molecule has 1 N–H and O–H groups in total. The Morgan fingerprint density at radius 3 is 2.68 bits per heavy atom. The van der Waals surface area contributed by atoms with Gasteiger partial charge in [-0.05, 0) is 19.8 Å². The van der Waals surface area contributed by atoms with Crippen molar-refractivity contribution in [2.75, 3.05) is 39.5 Å². The third-order valence-corrected chi connectivity index (χ3v) is 3.65. The maximum absolute atomic E-state index is 12.2. The Morgan fingerprint density at radius 2 is 2.11 bits per heavy atom. The molecule has 2 aliphatic heterocycles. The van der Waals surface area contributed by atoms with Crippen LogP contribution in [0.4, 0.5) is 0 Å². The van der Waals surface area contributed by atoms with Crippen molar-refractivity contribution in [2.24, 2.45) is 5.92 Å². The molecule has 0 bridgehead atoms. The lowest BCUT2D eigenvalue weighted by atomic mass is 9.96. The van der Waals surface area contributed by atoms with Gasteiger partial charge in [-0.1, -0.05) is 0 Å². The molecule has 1 unspecified atom stereocenters. The van der Waals surface area contributed by atoms with E-state index in [2.05, 4.69) is 5.32 Å². The Bertz CT molecular complexity index is 321. The Balaban J connectivity index is 1.79. The highest BCUT2D eigenvalue weighted by Crippen LogP contribution is 2.19. The summed E-state index contributed by atoms with van der Waals surface area (Å²) in [6.07, 6.45) is 1.39. The Morgan fingerprint density at radius 1 is 1.37 bits per heavy atom. The van der Waals surface area contributed by atoms with Gasteiger partial charge in [-0.2, -0.15) is 0 Å². The highest BCUT2D eigenvalue weighted by molar-refractivity contribution is 5.82. The fraction of sp³-hybridized carbons (Fsp3) is 0.846. The number of ether oxygens (including phenoxy) is 2. The topological polar surface area (TPSA) is 67.9 Å². The minimum Gasteiger partial charge on any atom is -0.466 e. The molecule has 0 aromatic heterocycles. The van der Waals surface area contributed by atoms with Gasteiger partial charge in [-0.3, -0.25) is 9.59 Å². The van der Waals surface area contributed by atoms with E-state index in [0.717, 1.165) is 6.54 Å². The first-order chi connectivity index (χ1) is 9.22. The molecule has 2 saturated heterocycles. The highest BCUT2D eigenvalue weighted by atomic mass is 16.5. The molecule has 108 valence electrons. The van der Waals surface area contributed by atoms with Crippen molar-refractivity contribution in [1.29, 1.82) is 0 Å². The molecule has 6 nitrogen and oxygen atoms in total. The molecule has 6 heteroatoms. The quantitative estimate of drug-likeness (QED) is 0.718. The van der Waals surface area contributed by atoms with Crippen molar-refractivity contribution in [3.8, 4) is 0 Å². The molecule has 0 aliphatic carbocycles.